The first-order valence-electron chi connectivity index (χ1n) is 6.71. The van der Waals surface area contributed by atoms with Crippen LogP contribution in [0, 0.1) is 13.8 Å². The van der Waals surface area contributed by atoms with E-state index in [1.807, 2.05) is 0 Å². The van der Waals surface area contributed by atoms with Gasteiger partial charge in [-0.15, -0.1) is 0 Å². The van der Waals surface area contributed by atoms with Gasteiger partial charge in [0.2, 0.25) is 0 Å². The molecule has 0 aliphatic rings. The maximum atomic E-state index is 3.46. The lowest BCUT2D eigenvalue weighted by atomic mass is 10.0. The van der Waals surface area contributed by atoms with Crippen molar-refractivity contribution in [3.8, 4) is 0 Å². The van der Waals surface area contributed by atoms with E-state index in [2.05, 4.69) is 49.6 Å². The Labute approximate surface area is 106 Å². The Bertz CT molecular complexity index is 321. The number of rotatable bonds is 8. The molecule has 0 heterocycles. The summed E-state index contributed by atoms with van der Waals surface area (Å²) in [6.45, 7) is 10.9. The van der Waals surface area contributed by atoms with Gasteiger partial charge in [-0.3, -0.25) is 0 Å². The molecule has 2 N–H and O–H groups in total. The summed E-state index contributed by atoms with van der Waals surface area (Å²) in [5.41, 5.74) is 4.21. The van der Waals surface area contributed by atoms with Gasteiger partial charge in [0.15, 0.2) is 0 Å². The van der Waals surface area contributed by atoms with Crippen molar-refractivity contribution in [2.24, 2.45) is 0 Å². The van der Waals surface area contributed by atoms with Crippen LogP contribution < -0.4 is 10.6 Å². The fourth-order valence-corrected chi connectivity index (χ4v) is 1.80. The quantitative estimate of drug-likeness (QED) is 0.675. The molecule has 0 spiro atoms. The minimum absolute atomic E-state index is 1.06. The summed E-state index contributed by atoms with van der Waals surface area (Å²) >= 11 is 0. The van der Waals surface area contributed by atoms with E-state index in [0.717, 1.165) is 32.6 Å². The molecule has 0 fully saturated rings. The fraction of sp³-hybridized carbons (Fsp3) is 0.600. The molecule has 2 nitrogen and oxygen atoms in total. The Morgan fingerprint density at radius 3 is 2.24 bits per heavy atom. The Hall–Kier alpha value is -0.860. The second kappa shape index (κ2) is 8.26. The Balaban J connectivity index is 2.11. The van der Waals surface area contributed by atoms with E-state index in [0.29, 0.717) is 0 Å². The zero-order valence-electron chi connectivity index (χ0n) is 11.5. The van der Waals surface area contributed by atoms with Gasteiger partial charge >= 0.3 is 0 Å². The van der Waals surface area contributed by atoms with Crippen LogP contribution in [0.15, 0.2) is 18.2 Å². The van der Waals surface area contributed by atoms with Gasteiger partial charge in [0.1, 0.15) is 0 Å². The zero-order valence-corrected chi connectivity index (χ0v) is 11.5. The molecule has 0 atom stereocenters. The molecular formula is C15H26N2. The number of nitrogens with one attached hydrogen (secondary N) is 2. The third kappa shape index (κ3) is 5.85. The van der Waals surface area contributed by atoms with Gasteiger partial charge in [0.25, 0.3) is 0 Å². The standard InChI is InChI=1S/C15H26N2/c1-4-8-16-10-11-17-9-7-15-6-5-13(2)14(3)12-15/h5-6,12,16-17H,4,7-11H2,1-3H3. The van der Waals surface area contributed by atoms with Crippen LogP contribution in [0.25, 0.3) is 0 Å². The number of hydrogen-bond acceptors (Lipinski definition) is 2. The average molecular weight is 234 g/mol. The Kier molecular flexibility index (Phi) is 6.90. The Morgan fingerprint density at radius 1 is 0.882 bits per heavy atom. The van der Waals surface area contributed by atoms with Crippen LogP contribution in [0.3, 0.4) is 0 Å². The molecule has 0 unspecified atom stereocenters. The molecular weight excluding hydrogens is 208 g/mol. The van der Waals surface area contributed by atoms with Crippen molar-refractivity contribution in [2.45, 2.75) is 33.6 Å². The largest absolute Gasteiger partial charge is 0.315 e. The summed E-state index contributed by atoms with van der Waals surface area (Å²) in [5, 5.41) is 6.85. The Morgan fingerprint density at radius 2 is 1.59 bits per heavy atom. The molecule has 17 heavy (non-hydrogen) atoms. The van der Waals surface area contributed by atoms with Crippen molar-refractivity contribution in [2.75, 3.05) is 26.2 Å². The SMILES string of the molecule is CCCNCCNCCc1ccc(C)c(C)c1. The first kappa shape index (κ1) is 14.2. The van der Waals surface area contributed by atoms with E-state index in [-0.39, 0.29) is 0 Å². The van der Waals surface area contributed by atoms with E-state index in [9.17, 15) is 0 Å². The van der Waals surface area contributed by atoms with E-state index >= 15 is 0 Å². The smallest absolute Gasteiger partial charge is 0.00768 e. The molecule has 0 bridgehead atoms. The van der Waals surface area contributed by atoms with Crippen LogP contribution in [0.5, 0.6) is 0 Å². The summed E-state index contributed by atoms with van der Waals surface area (Å²) < 4.78 is 0. The van der Waals surface area contributed by atoms with Gasteiger partial charge < -0.3 is 10.6 Å². The normalized spacial score (nSPS) is 10.8. The van der Waals surface area contributed by atoms with E-state index in [1.165, 1.54) is 23.1 Å². The maximum absolute atomic E-state index is 3.46. The molecule has 0 aliphatic carbocycles. The monoisotopic (exact) mass is 234 g/mol. The lowest BCUT2D eigenvalue weighted by molar-refractivity contribution is 0.607. The summed E-state index contributed by atoms with van der Waals surface area (Å²) in [5.74, 6) is 0. The van der Waals surface area contributed by atoms with Crippen LogP contribution in [0.4, 0.5) is 0 Å². The third-order valence-corrected chi connectivity index (χ3v) is 3.07. The van der Waals surface area contributed by atoms with Crippen LogP contribution in [-0.2, 0) is 6.42 Å². The first-order chi connectivity index (χ1) is 8.24. The van der Waals surface area contributed by atoms with Crippen molar-refractivity contribution >= 4 is 0 Å². The topological polar surface area (TPSA) is 24.1 Å². The van der Waals surface area contributed by atoms with Gasteiger partial charge in [-0.05, 0) is 56.5 Å². The molecule has 1 aromatic carbocycles. The average Bonchev–Trinajstić information content (AvgIpc) is 2.32. The minimum atomic E-state index is 1.06. The minimum Gasteiger partial charge on any atom is -0.315 e. The van der Waals surface area contributed by atoms with Crippen LogP contribution in [-0.4, -0.2) is 26.2 Å². The van der Waals surface area contributed by atoms with Gasteiger partial charge in [0, 0.05) is 13.1 Å². The van der Waals surface area contributed by atoms with Crippen LogP contribution >= 0.6 is 0 Å². The molecule has 2 heteroatoms. The number of benzene rings is 1. The molecule has 0 aromatic heterocycles. The van der Waals surface area contributed by atoms with E-state index < -0.39 is 0 Å². The summed E-state index contributed by atoms with van der Waals surface area (Å²) in [4.78, 5) is 0. The van der Waals surface area contributed by atoms with Crippen LogP contribution in [0.1, 0.15) is 30.0 Å². The van der Waals surface area contributed by atoms with E-state index in [4.69, 9.17) is 0 Å². The van der Waals surface area contributed by atoms with Crippen molar-refractivity contribution in [3.05, 3.63) is 34.9 Å². The van der Waals surface area contributed by atoms with Gasteiger partial charge in [-0.1, -0.05) is 25.1 Å². The molecule has 0 radical (unpaired) electrons. The molecule has 96 valence electrons. The van der Waals surface area contributed by atoms with Gasteiger partial charge in [-0.25, -0.2) is 0 Å². The third-order valence-electron chi connectivity index (χ3n) is 3.07. The highest BCUT2D eigenvalue weighted by atomic mass is 14.9. The van der Waals surface area contributed by atoms with Gasteiger partial charge in [0.05, 0.1) is 0 Å². The number of hydrogen-bond donors (Lipinski definition) is 2. The van der Waals surface area contributed by atoms with E-state index in [1.54, 1.807) is 0 Å². The molecule has 1 rings (SSSR count). The summed E-state index contributed by atoms with van der Waals surface area (Å²) in [7, 11) is 0. The number of aryl methyl sites for hydroxylation is 2. The predicted molar refractivity (Wildman–Crippen MR) is 75.7 cm³/mol. The molecule has 0 amide bonds. The van der Waals surface area contributed by atoms with Crippen molar-refractivity contribution in [1.82, 2.24) is 10.6 Å². The molecule has 0 aliphatic heterocycles. The highest BCUT2D eigenvalue weighted by Gasteiger charge is 1.96. The lowest BCUT2D eigenvalue weighted by Crippen LogP contribution is -2.29. The lowest BCUT2D eigenvalue weighted by Gasteiger charge is -2.07. The van der Waals surface area contributed by atoms with Crippen molar-refractivity contribution in [1.29, 1.82) is 0 Å². The van der Waals surface area contributed by atoms with Gasteiger partial charge in [-0.2, -0.15) is 0 Å². The summed E-state index contributed by atoms with van der Waals surface area (Å²) in [6.07, 6.45) is 2.33. The highest BCUT2D eigenvalue weighted by Crippen LogP contribution is 2.09. The fourth-order valence-electron chi connectivity index (χ4n) is 1.80. The highest BCUT2D eigenvalue weighted by molar-refractivity contribution is 5.29. The predicted octanol–water partition coefficient (Wildman–Crippen LogP) is 2.44. The summed E-state index contributed by atoms with van der Waals surface area (Å²) in [6, 6.07) is 6.75. The van der Waals surface area contributed by atoms with Crippen molar-refractivity contribution < 1.29 is 0 Å². The second-order valence-corrected chi connectivity index (χ2v) is 4.67. The molecule has 0 saturated carbocycles. The zero-order chi connectivity index (χ0) is 12.5. The van der Waals surface area contributed by atoms with Crippen molar-refractivity contribution in [3.63, 3.8) is 0 Å². The molecule has 1 aromatic rings. The molecule has 0 saturated heterocycles. The first-order valence-corrected chi connectivity index (χ1v) is 6.71. The van der Waals surface area contributed by atoms with Crippen LogP contribution in [0.2, 0.25) is 0 Å². The second-order valence-electron chi connectivity index (χ2n) is 4.67. The maximum Gasteiger partial charge on any atom is 0.00768 e.